The predicted octanol–water partition coefficient (Wildman–Crippen LogP) is 1.34. The Hall–Kier alpha value is -2.11. The number of halogens is 1. The van der Waals surface area contributed by atoms with Crippen LogP contribution in [0.25, 0.3) is 0 Å². The number of alkyl halides is 1. The smallest absolute Gasteiger partial charge is 0.407 e. The Balaban J connectivity index is 2.24. The molecule has 2 N–H and O–H groups in total. The number of carbonyl (C=O) groups excluding carboxylic acids is 1. The van der Waals surface area contributed by atoms with Crippen molar-refractivity contribution in [3.05, 3.63) is 35.9 Å². The minimum Gasteiger partial charge on any atom is -0.479 e. The van der Waals surface area contributed by atoms with Crippen molar-refractivity contribution in [2.45, 2.75) is 12.8 Å². The van der Waals surface area contributed by atoms with Crippen molar-refractivity contribution in [2.75, 3.05) is 6.54 Å². The molecular formula is C11H12FNO4. The molecule has 1 rings (SSSR count). The van der Waals surface area contributed by atoms with E-state index >= 15 is 0 Å². The third kappa shape index (κ3) is 4.96. The van der Waals surface area contributed by atoms with E-state index in [1.807, 2.05) is 11.4 Å². The number of carboxylic acid groups (broad SMARTS) is 1. The average molecular weight is 241 g/mol. The first-order valence-electron chi connectivity index (χ1n) is 4.91. The Morgan fingerprint density at radius 1 is 1.35 bits per heavy atom. The van der Waals surface area contributed by atoms with Crippen LogP contribution in [0.3, 0.4) is 0 Å². The van der Waals surface area contributed by atoms with Crippen molar-refractivity contribution in [1.82, 2.24) is 5.32 Å². The lowest BCUT2D eigenvalue weighted by molar-refractivity contribution is -0.142. The number of benzene rings is 1. The van der Waals surface area contributed by atoms with E-state index in [1.54, 1.807) is 24.3 Å². The molecule has 0 heterocycles. The Morgan fingerprint density at radius 2 is 2.00 bits per heavy atom. The quantitative estimate of drug-likeness (QED) is 0.815. The highest BCUT2D eigenvalue weighted by Crippen LogP contribution is 2.00. The molecule has 1 atom stereocenters. The van der Waals surface area contributed by atoms with Gasteiger partial charge in [0.1, 0.15) is 6.61 Å². The summed E-state index contributed by atoms with van der Waals surface area (Å²) in [5, 5.41) is 10.3. The number of carbonyl (C=O) groups is 2. The Bertz CT molecular complexity index is 382. The van der Waals surface area contributed by atoms with Crippen LogP contribution < -0.4 is 5.32 Å². The molecule has 0 spiro atoms. The minimum absolute atomic E-state index is 0.0523. The second-order valence-corrected chi connectivity index (χ2v) is 3.25. The molecule has 1 aromatic carbocycles. The average Bonchev–Trinajstić information content (AvgIpc) is 2.34. The van der Waals surface area contributed by atoms with Crippen LogP contribution in [-0.4, -0.2) is 29.9 Å². The molecular weight excluding hydrogens is 229 g/mol. The van der Waals surface area contributed by atoms with Crippen LogP contribution in [0.1, 0.15) is 5.56 Å². The van der Waals surface area contributed by atoms with Crippen molar-refractivity contribution in [1.29, 1.82) is 0 Å². The predicted molar refractivity (Wildman–Crippen MR) is 57.2 cm³/mol. The Morgan fingerprint density at radius 3 is 2.59 bits per heavy atom. The second kappa shape index (κ2) is 6.47. The van der Waals surface area contributed by atoms with Crippen molar-refractivity contribution in [2.24, 2.45) is 0 Å². The minimum atomic E-state index is -2.13. The van der Waals surface area contributed by atoms with Crippen LogP contribution >= 0.6 is 0 Å². The summed E-state index contributed by atoms with van der Waals surface area (Å²) in [6, 6.07) is 8.94. The van der Waals surface area contributed by atoms with Gasteiger partial charge in [-0.25, -0.2) is 14.0 Å². The summed E-state index contributed by atoms with van der Waals surface area (Å²) in [4.78, 5) is 21.2. The molecule has 92 valence electrons. The summed E-state index contributed by atoms with van der Waals surface area (Å²) in [7, 11) is 0. The summed E-state index contributed by atoms with van der Waals surface area (Å²) >= 11 is 0. The van der Waals surface area contributed by atoms with E-state index in [-0.39, 0.29) is 6.61 Å². The fourth-order valence-corrected chi connectivity index (χ4v) is 1.03. The van der Waals surface area contributed by atoms with Gasteiger partial charge in [-0.2, -0.15) is 0 Å². The molecule has 6 heteroatoms. The van der Waals surface area contributed by atoms with Crippen LogP contribution in [0.4, 0.5) is 9.18 Å². The van der Waals surface area contributed by atoms with Crippen LogP contribution in [0.5, 0.6) is 0 Å². The van der Waals surface area contributed by atoms with Crippen LogP contribution in [0.15, 0.2) is 30.3 Å². The fraction of sp³-hybridized carbons (Fsp3) is 0.273. The van der Waals surface area contributed by atoms with Gasteiger partial charge in [-0.1, -0.05) is 30.3 Å². The van der Waals surface area contributed by atoms with Gasteiger partial charge in [0.25, 0.3) is 0 Å². The topological polar surface area (TPSA) is 75.6 Å². The zero-order chi connectivity index (χ0) is 12.7. The van der Waals surface area contributed by atoms with E-state index in [4.69, 9.17) is 9.84 Å². The lowest BCUT2D eigenvalue weighted by Crippen LogP contribution is -2.34. The first kappa shape index (κ1) is 13.0. The molecule has 0 saturated carbocycles. The molecule has 5 nitrogen and oxygen atoms in total. The zero-order valence-corrected chi connectivity index (χ0v) is 8.93. The number of nitrogens with one attached hydrogen (secondary N) is 1. The molecule has 0 aliphatic carbocycles. The lowest BCUT2D eigenvalue weighted by Gasteiger charge is -2.07. The molecule has 17 heavy (non-hydrogen) atoms. The van der Waals surface area contributed by atoms with Gasteiger partial charge >= 0.3 is 12.1 Å². The molecule has 1 amide bonds. The van der Waals surface area contributed by atoms with Crippen molar-refractivity contribution < 1.29 is 23.8 Å². The number of amides is 1. The largest absolute Gasteiger partial charge is 0.479 e. The van der Waals surface area contributed by atoms with Crippen molar-refractivity contribution >= 4 is 12.1 Å². The molecule has 1 aromatic rings. The molecule has 0 unspecified atom stereocenters. The molecule has 0 bridgehead atoms. The maximum atomic E-state index is 12.6. The Kier molecular flexibility index (Phi) is 4.93. The van der Waals surface area contributed by atoms with Crippen LogP contribution in [-0.2, 0) is 16.1 Å². The molecule has 0 aromatic heterocycles. The highest BCUT2D eigenvalue weighted by atomic mass is 19.1. The van der Waals surface area contributed by atoms with E-state index < -0.39 is 24.8 Å². The number of hydrogen-bond donors (Lipinski definition) is 2. The van der Waals surface area contributed by atoms with Gasteiger partial charge in [0.05, 0.1) is 6.54 Å². The molecule has 0 aliphatic rings. The first-order valence-corrected chi connectivity index (χ1v) is 4.91. The fourth-order valence-electron chi connectivity index (χ4n) is 1.03. The van der Waals surface area contributed by atoms with Gasteiger partial charge < -0.3 is 15.2 Å². The molecule has 0 fully saturated rings. The monoisotopic (exact) mass is 241 g/mol. The maximum absolute atomic E-state index is 12.6. The van der Waals surface area contributed by atoms with Crippen LogP contribution in [0, 0.1) is 0 Å². The normalized spacial score (nSPS) is 11.6. The van der Waals surface area contributed by atoms with E-state index in [0.29, 0.717) is 0 Å². The number of rotatable bonds is 5. The third-order valence-electron chi connectivity index (χ3n) is 1.91. The van der Waals surface area contributed by atoms with Gasteiger partial charge in [-0.3, -0.25) is 0 Å². The third-order valence-corrected chi connectivity index (χ3v) is 1.91. The molecule has 0 radical (unpaired) electrons. The van der Waals surface area contributed by atoms with E-state index in [0.717, 1.165) is 5.56 Å². The van der Waals surface area contributed by atoms with Gasteiger partial charge in [0.15, 0.2) is 0 Å². The summed E-state index contributed by atoms with van der Waals surface area (Å²) in [5.41, 5.74) is 0.790. The summed E-state index contributed by atoms with van der Waals surface area (Å²) in [5.74, 6) is -1.62. The van der Waals surface area contributed by atoms with Gasteiger partial charge in [0.2, 0.25) is 6.17 Å². The maximum Gasteiger partial charge on any atom is 0.407 e. The number of ether oxygens (including phenoxy) is 1. The summed E-state index contributed by atoms with van der Waals surface area (Å²) in [6.07, 6.45) is -2.97. The second-order valence-electron chi connectivity index (χ2n) is 3.25. The number of carboxylic acids is 1. The number of aliphatic carboxylic acids is 1. The SMILES string of the molecule is O=C(NC[C@@H](F)C(=O)O)OCc1ccccc1. The highest BCUT2D eigenvalue weighted by molar-refractivity contribution is 5.74. The van der Waals surface area contributed by atoms with E-state index in [9.17, 15) is 14.0 Å². The van der Waals surface area contributed by atoms with Crippen molar-refractivity contribution in [3.8, 4) is 0 Å². The van der Waals surface area contributed by atoms with E-state index in [1.165, 1.54) is 0 Å². The van der Waals surface area contributed by atoms with E-state index in [2.05, 4.69) is 0 Å². The Labute approximate surface area is 97.2 Å². The van der Waals surface area contributed by atoms with Crippen molar-refractivity contribution in [3.63, 3.8) is 0 Å². The summed E-state index contributed by atoms with van der Waals surface area (Å²) in [6.45, 7) is -0.556. The zero-order valence-electron chi connectivity index (χ0n) is 8.93. The summed E-state index contributed by atoms with van der Waals surface area (Å²) < 4.78 is 17.3. The standard InChI is InChI=1S/C11H12FNO4/c12-9(10(14)15)6-13-11(16)17-7-8-4-2-1-3-5-8/h1-5,9H,6-7H2,(H,13,16)(H,14,15)/t9-/m1/s1. The van der Waals surface area contributed by atoms with Crippen LogP contribution in [0.2, 0.25) is 0 Å². The van der Waals surface area contributed by atoms with Gasteiger partial charge in [0, 0.05) is 0 Å². The molecule has 0 saturated heterocycles. The highest BCUT2D eigenvalue weighted by Gasteiger charge is 2.16. The molecule has 0 aliphatic heterocycles. The lowest BCUT2D eigenvalue weighted by atomic mass is 10.2. The number of hydrogen-bond acceptors (Lipinski definition) is 3. The number of alkyl carbamates (subject to hydrolysis) is 1. The first-order chi connectivity index (χ1) is 8.09. The van der Waals surface area contributed by atoms with Gasteiger partial charge in [-0.05, 0) is 5.56 Å². The van der Waals surface area contributed by atoms with Gasteiger partial charge in [-0.15, -0.1) is 0 Å².